The van der Waals surface area contributed by atoms with E-state index in [9.17, 15) is 14.4 Å². The number of cyclic esters (lactones) is 1. The van der Waals surface area contributed by atoms with Gasteiger partial charge in [-0.15, -0.1) is 0 Å². The number of benzene rings is 1. The number of esters is 1. The number of rotatable bonds is 6. The molecule has 1 saturated heterocycles. The van der Waals surface area contributed by atoms with Gasteiger partial charge in [-0.2, -0.15) is 0 Å². The van der Waals surface area contributed by atoms with Crippen molar-refractivity contribution in [1.29, 1.82) is 0 Å². The van der Waals surface area contributed by atoms with Gasteiger partial charge in [0.2, 0.25) is 5.91 Å². The average molecular weight is 434 g/mol. The molecule has 0 aromatic heterocycles. The third-order valence-electron chi connectivity index (χ3n) is 7.30. The van der Waals surface area contributed by atoms with Crippen LogP contribution in [-0.2, 0) is 25.5 Å². The van der Waals surface area contributed by atoms with Crippen molar-refractivity contribution in [2.75, 3.05) is 0 Å². The molecule has 1 fully saturated rings. The minimum Gasteiger partial charge on any atom is -0.454 e. The van der Waals surface area contributed by atoms with Gasteiger partial charge >= 0.3 is 5.97 Å². The Balaban J connectivity index is 1.57. The number of nitrogens with one attached hydrogen (secondary N) is 1. The van der Waals surface area contributed by atoms with Crippen molar-refractivity contribution >= 4 is 17.7 Å². The Morgan fingerprint density at radius 1 is 1.12 bits per heavy atom. The summed E-state index contributed by atoms with van der Waals surface area (Å²) >= 11 is 0. The van der Waals surface area contributed by atoms with E-state index in [1.807, 2.05) is 51.1 Å². The lowest BCUT2D eigenvalue weighted by Crippen LogP contribution is -2.39. The van der Waals surface area contributed by atoms with Crippen LogP contribution in [0.4, 0.5) is 0 Å². The van der Waals surface area contributed by atoms with Crippen LogP contribution in [0.2, 0.25) is 0 Å². The molecule has 2 aliphatic heterocycles. The Kier molecular flexibility index (Phi) is 6.18. The van der Waals surface area contributed by atoms with E-state index < -0.39 is 0 Å². The average Bonchev–Trinajstić information content (AvgIpc) is 3.27. The van der Waals surface area contributed by atoms with Gasteiger partial charge in [0.1, 0.15) is 6.10 Å². The summed E-state index contributed by atoms with van der Waals surface area (Å²) in [7, 11) is 0. The molecule has 0 radical (unpaired) electrons. The summed E-state index contributed by atoms with van der Waals surface area (Å²) in [5, 5.41) is 3.15. The first kappa shape index (κ1) is 22.3. The Morgan fingerprint density at radius 3 is 2.50 bits per heavy atom. The summed E-state index contributed by atoms with van der Waals surface area (Å²) in [4.78, 5) is 37.6. The molecule has 32 heavy (non-hydrogen) atoms. The van der Waals surface area contributed by atoms with Crippen LogP contribution in [0.15, 0.2) is 65.3 Å². The Hall–Kier alpha value is -2.95. The molecule has 1 aromatic rings. The lowest BCUT2D eigenvalue weighted by molar-refractivity contribution is -0.140. The summed E-state index contributed by atoms with van der Waals surface area (Å²) in [6, 6.07) is 10.1. The predicted octanol–water partition coefficient (Wildman–Crippen LogP) is 3.95. The molecule has 0 spiro atoms. The lowest BCUT2D eigenvalue weighted by Gasteiger charge is -2.34. The van der Waals surface area contributed by atoms with Crippen molar-refractivity contribution in [2.24, 2.45) is 23.7 Å². The SMILES string of the molecule is CC1=CC(=O)O[C@H]1[C@@H](C)C/C=C\C1=C2C(=O)N[C@@H](Cc3ccccc3)[C@@H]2[C@H](C)[C@@H](C)C1=O. The van der Waals surface area contributed by atoms with Crippen molar-refractivity contribution in [3.8, 4) is 0 Å². The van der Waals surface area contributed by atoms with E-state index in [1.165, 1.54) is 11.6 Å². The zero-order valence-corrected chi connectivity index (χ0v) is 19.1. The Labute approximate surface area is 189 Å². The first-order valence-corrected chi connectivity index (χ1v) is 11.5. The normalized spacial score (nSPS) is 30.9. The quantitative estimate of drug-likeness (QED) is 0.690. The van der Waals surface area contributed by atoms with E-state index in [1.54, 1.807) is 0 Å². The van der Waals surface area contributed by atoms with Crippen LogP contribution in [0.25, 0.3) is 0 Å². The van der Waals surface area contributed by atoms with Gasteiger partial charge in [0.25, 0.3) is 0 Å². The largest absolute Gasteiger partial charge is 0.454 e. The van der Waals surface area contributed by atoms with Crippen LogP contribution >= 0.6 is 0 Å². The van der Waals surface area contributed by atoms with E-state index in [0.29, 0.717) is 17.6 Å². The van der Waals surface area contributed by atoms with Gasteiger partial charge in [0.15, 0.2) is 5.78 Å². The van der Waals surface area contributed by atoms with Crippen molar-refractivity contribution < 1.29 is 19.1 Å². The molecule has 3 aliphatic rings. The fourth-order valence-electron chi connectivity index (χ4n) is 5.37. The topological polar surface area (TPSA) is 72.5 Å². The van der Waals surface area contributed by atoms with Gasteiger partial charge in [-0.05, 0) is 36.8 Å². The predicted molar refractivity (Wildman–Crippen MR) is 122 cm³/mol. The molecule has 0 unspecified atom stereocenters. The zero-order chi connectivity index (χ0) is 23.0. The molecule has 2 heterocycles. The highest BCUT2D eigenvalue weighted by atomic mass is 16.5. The van der Waals surface area contributed by atoms with Gasteiger partial charge < -0.3 is 10.1 Å². The molecule has 1 aliphatic carbocycles. The number of hydrogen-bond acceptors (Lipinski definition) is 4. The van der Waals surface area contributed by atoms with Gasteiger partial charge in [-0.1, -0.05) is 63.3 Å². The fourth-order valence-corrected chi connectivity index (χ4v) is 5.37. The minimum absolute atomic E-state index is 0.00782. The van der Waals surface area contributed by atoms with E-state index in [-0.39, 0.29) is 53.5 Å². The molecule has 1 amide bonds. The lowest BCUT2D eigenvalue weighted by atomic mass is 9.68. The zero-order valence-electron chi connectivity index (χ0n) is 19.1. The highest BCUT2D eigenvalue weighted by Crippen LogP contribution is 2.43. The summed E-state index contributed by atoms with van der Waals surface area (Å²) in [6.07, 6.45) is 6.47. The maximum atomic E-state index is 13.1. The maximum absolute atomic E-state index is 13.1. The Morgan fingerprint density at radius 2 is 1.84 bits per heavy atom. The van der Waals surface area contributed by atoms with Crippen molar-refractivity contribution in [1.82, 2.24) is 5.32 Å². The molecule has 4 rings (SSSR count). The Bertz CT molecular complexity index is 1020. The summed E-state index contributed by atoms with van der Waals surface area (Å²) in [5.41, 5.74) is 3.27. The summed E-state index contributed by atoms with van der Waals surface area (Å²) in [5.74, 6) is -0.346. The van der Waals surface area contributed by atoms with Crippen LogP contribution in [0.5, 0.6) is 0 Å². The number of carbonyl (C=O) groups excluding carboxylic acids is 3. The monoisotopic (exact) mass is 433 g/mol. The smallest absolute Gasteiger partial charge is 0.331 e. The molecule has 5 heteroatoms. The first-order valence-electron chi connectivity index (χ1n) is 11.5. The molecule has 1 aromatic carbocycles. The van der Waals surface area contributed by atoms with Gasteiger partial charge in [0, 0.05) is 41.0 Å². The van der Waals surface area contributed by atoms with Crippen molar-refractivity contribution in [3.63, 3.8) is 0 Å². The number of carbonyl (C=O) groups is 3. The minimum atomic E-state index is -0.298. The molecule has 6 atom stereocenters. The second-order valence-corrected chi connectivity index (χ2v) is 9.50. The number of amides is 1. The highest BCUT2D eigenvalue weighted by Gasteiger charge is 2.48. The third kappa shape index (κ3) is 4.08. The van der Waals surface area contributed by atoms with E-state index >= 15 is 0 Å². The first-order chi connectivity index (χ1) is 15.3. The van der Waals surface area contributed by atoms with Crippen LogP contribution < -0.4 is 5.32 Å². The molecule has 1 N–H and O–H groups in total. The molecule has 168 valence electrons. The van der Waals surface area contributed by atoms with E-state index in [4.69, 9.17) is 4.74 Å². The van der Waals surface area contributed by atoms with Crippen LogP contribution in [0.3, 0.4) is 0 Å². The number of allylic oxidation sites excluding steroid dienone is 3. The maximum Gasteiger partial charge on any atom is 0.331 e. The van der Waals surface area contributed by atoms with Crippen LogP contribution in [0.1, 0.15) is 39.7 Å². The summed E-state index contributed by atoms with van der Waals surface area (Å²) < 4.78 is 5.38. The number of ether oxygens (including phenoxy) is 1. The molecule has 0 bridgehead atoms. The number of Topliss-reactive ketones (excluding diaryl/α,β-unsaturated/α-hetero) is 1. The van der Waals surface area contributed by atoms with Crippen LogP contribution in [0, 0.1) is 23.7 Å². The second-order valence-electron chi connectivity index (χ2n) is 9.50. The van der Waals surface area contributed by atoms with Gasteiger partial charge in [-0.3, -0.25) is 9.59 Å². The van der Waals surface area contributed by atoms with Crippen molar-refractivity contribution in [2.45, 2.75) is 52.7 Å². The van der Waals surface area contributed by atoms with E-state index in [0.717, 1.165) is 12.0 Å². The van der Waals surface area contributed by atoms with Crippen molar-refractivity contribution in [3.05, 3.63) is 70.8 Å². The van der Waals surface area contributed by atoms with Crippen LogP contribution in [-0.4, -0.2) is 29.8 Å². The number of hydrogen-bond donors (Lipinski definition) is 1. The number of fused-ring (bicyclic) bond motifs is 1. The standard InChI is InChI=1S/C27H31NO4/c1-15(26-16(2)13-22(29)32-26)9-8-12-20-24-23(17(3)18(4)25(20)30)21(28-27(24)31)14-19-10-6-5-7-11-19/h5-8,10-13,15,17-18,21,23,26H,9,14H2,1-4H3,(H,28,31)/b12-8-/t15-,17+,18+,21-,23-,26-/m0/s1. The molecule has 5 nitrogen and oxygen atoms in total. The summed E-state index contributed by atoms with van der Waals surface area (Å²) in [6.45, 7) is 7.97. The third-order valence-corrected chi connectivity index (χ3v) is 7.30. The highest BCUT2D eigenvalue weighted by molar-refractivity contribution is 6.11. The van der Waals surface area contributed by atoms with Gasteiger partial charge in [0.05, 0.1) is 0 Å². The van der Waals surface area contributed by atoms with E-state index in [2.05, 4.69) is 24.4 Å². The molecule has 0 saturated carbocycles. The molecular formula is C27H31NO4. The molecular weight excluding hydrogens is 402 g/mol. The fraction of sp³-hybridized carbons (Fsp3) is 0.444. The number of ketones is 1. The van der Waals surface area contributed by atoms with Gasteiger partial charge in [-0.25, -0.2) is 4.79 Å². The second kappa shape index (κ2) is 8.89.